The summed E-state index contributed by atoms with van der Waals surface area (Å²) in [6, 6.07) is 8.95. The summed E-state index contributed by atoms with van der Waals surface area (Å²) in [7, 11) is 0. The Morgan fingerprint density at radius 2 is 1.40 bits per heavy atom. The van der Waals surface area contributed by atoms with Crippen molar-refractivity contribution in [3.05, 3.63) is 35.4 Å². The van der Waals surface area contributed by atoms with Crippen molar-refractivity contribution in [2.24, 2.45) is 11.8 Å². The van der Waals surface area contributed by atoms with Gasteiger partial charge in [-0.2, -0.15) is 0 Å². The number of unbranched alkanes of at least 4 members (excludes halogenated alkanes) is 1. The molecule has 0 spiro atoms. The van der Waals surface area contributed by atoms with Gasteiger partial charge in [0.2, 0.25) is 0 Å². The molecule has 0 aromatic heterocycles. The van der Waals surface area contributed by atoms with Gasteiger partial charge in [0.05, 0.1) is 6.61 Å². The van der Waals surface area contributed by atoms with E-state index in [0.29, 0.717) is 0 Å². The van der Waals surface area contributed by atoms with E-state index >= 15 is 0 Å². The molecule has 0 heterocycles. The maximum atomic E-state index is 5.70. The van der Waals surface area contributed by atoms with Crippen molar-refractivity contribution in [2.45, 2.75) is 66.4 Å². The lowest BCUT2D eigenvalue weighted by Gasteiger charge is -2.08. The van der Waals surface area contributed by atoms with Crippen LogP contribution in [0.25, 0.3) is 0 Å². The van der Waals surface area contributed by atoms with Crippen LogP contribution in [0.3, 0.4) is 0 Å². The molecule has 0 aliphatic carbocycles. The highest BCUT2D eigenvalue weighted by Gasteiger charge is 1.99. The number of hydrogen-bond acceptors (Lipinski definition) is 1. The number of aryl methyl sites for hydroxylation is 1. The summed E-state index contributed by atoms with van der Waals surface area (Å²) in [5.41, 5.74) is 2.75. The summed E-state index contributed by atoms with van der Waals surface area (Å²) in [6.45, 7) is 10.7. The largest absolute Gasteiger partial charge is 0.377 e. The van der Waals surface area contributed by atoms with Gasteiger partial charge >= 0.3 is 0 Å². The Morgan fingerprint density at radius 1 is 0.800 bits per heavy atom. The lowest BCUT2D eigenvalue weighted by atomic mass is 10.0. The van der Waals surface area contributed by atoms with E-state index in [1.54, 1.807) is 0 Å². The second-order valence-electron chi connectivity index (χ2n) is 6.69. The normalized spacial score (nSPS) is 11.5. The zero-order valence-electron chi connectivity index (χ0n) is 13.8. The van der Waals surface area contributed by atoms with Crippen LogP contribution in [0, 0.1) is 11.8 Å². The molecule has 114 valence electrons. The van der Waals surface area contributed by atoms with Crippen molar-refractivity contribution in [3.8, 4) is 0 Å². The molecule has 1 heteroatoms. The zero-order valence-corrected chi connectivity index (χ0v) is 13.8. The summed E-state index contributed by atoms with van der Waals surface area (Å²) >= 11 is 0. The maximum absolute atomic E-state index is 5.70. The molecule has 0 amide bonds. The third-order valence-corrected chi connectivity index (χ3v) is 3.63. The molecule has 0 aliphatic heterocycles. The van der Waals surface area contributed by atoms with Crippen LogP contribution in [0.15, 0.2) is 24.3 Å². The summed E-state index contributed by atoms with van der Waals surface area (Å²) in [5.74, 6) is 1.56. The molecule has 0 aliphatic rings. The first kappa shape index (κ1) is 17.2. The molecule has 0 saturated carbocycles. The first-order valence-electron chi connectivity index (χ1n) is 8.23. The summed E-state index contributed by atoms with van der Waals surface area (Å²) < 4.78 is 5.70. The van der Waals surface area contributed by atoms with E-state index in [9.17, 15) is 0 Å². The van der Waals surface area contributed by atoms with Crippen molar-refractivity contribution in [3.63, 3.8) is 0 Å². The summed E-state index contributed by atoms with van der Waals surface area (Å²) in [4.78, 5) is 0. The maximum Gasteiger partial charge on any atom is 0.0716 e. The van der Waals surface area contributed by atoms with Gasteiger partial charge in [-0.3, -0.25) is 0 Å². The molecule has 0 atom stereocenters. The minimum atomic E-state index is 0.725. The third kappa shape index (κ3) is 8.37. The van der Waals surface area contributed by atoms with Gasteiger partial charge in [0.25, 0.3) is 0 Å². The number of ether oxygens (including phenoxy) is 1. The molecular formula is C19H32O. The van der Waals surface area contributed by atoms with Gasteiger partial charge in [0.1, 0.15) is 0 Å². The highest BCUT2D eigenvalue weighted by Crippen LogP contribution is 2.12. The summed E-state index contributed by atoms with van der Waals surface area (Å²) in [5, 5.41) is 0. The number of benzene rings is 1. The SMILES string of the molecule is CC(C)CCCCc1ccc(COCCC(C)C)cc1. The molecule has 1 aromatic rings. The quantitative estimate of drug-likeness (QED) is 0.504. The van der Waals surface area contributed by atoms with Crippen LogP contribution in [-0.2, 0) is 17.8 Å². The Kier molecular flexibility index (Phi) is 8.60. The molecule has 1 nitrogen and oxygen atoms in total. The Labute approximate surface area is 125 Å². The van der Waals surface area contributed by atoms with Gasteiger partial charge in [-0.15, -0.1) is 0 Å². The Morgan fingerprint density at radius 3 is 2.00 bits per heavy atom. The first-order chi connectivity index (χ1) is 9.58. The van der Waals surface area contributed by atoms with Crippen LogP contribution in [-0.4, -0.2) is 6.61 Å². The van der Waals surface area contributed by atoms with Gasteiger partial charge in [-0.1, -0.05) is 64.8 Å². The molecular weight excluding hydrogens is 244 g/mol. The van der Waals surface area contributed by atoms with Crippen molar-refractivity contribution < 1.29 is 4.74 Å². The van der Waals surface area contributed by atoms with E-state index in [2.05, 4.69) is 52.0 Å². The second kappa shape index (κ2) is 9.99. The number of rotatable bonds is 10. The molecule has 0 bridgehead atoms. The van der Waals surface area contributed by atoms with Gasteiger partial charge in [0.15, 0.2) is 0 Å². The highest BCUT2D eigenvalue weighted by molar-refractivity contribution is 5.22. The molecule has 20 heavy (non-hydrogen) atoms. The van der Waals surface area contributed by atoms with Crippen LogP contribution < -0.4 is 0 Å². The number of hydrogen-bond donors (Lipinski definition) is 0. The minimum Gasteiger partial charge on any atom is -0.377 e. The predicted molar refractivity (Wildman–Crippen MR) is 87.9 cm³/mol. The minimum absolute atomic E-state index is 0.725. The molecule has 0 N–H and O–H groups in total. The van der Waals surface area contributed by atoms with Crippen LogP contribution in [0.2, 0.25) is 0 Å². The van der Waals surface area contributed by atoms with Gasteiger partial charge < -0.3 is 4.74 Å². The van der Waals surface area contributed by atoms with Gasteiger partial charge in [-0.25, -0.2) is 0 Å². The van der Waals surface area contributed by atoms with E-state index in [1.165, 1.54) is 36.8 Å². The molecule has 0 radical (unpaired) electrons. The monoisotopic (exact) mass is 276 g/mol. The van der Waals surface area contributed by atoms with Crippen LogP contribution in [0.4, 0.5) is 0 Å². The zero-order chi connectivity index (χ0) is 14.8. The van der Waals surface area contributed by atoms with Gasteiger partial charge in [-0.05, 0) is 42.2 Å². The smallest absolute Gasteiger partial charge is 0.0716 e. The molecule has 1 rings (SSSR count). The van der Waals surface area contributed by atoms with E-state index in [4.69, 9.17) is 4.74 Å². The second-order valence-corrected chi connectivity index (χ2v) is 6.69. The third-order valence-electron chi connectivity index (χ3n) is 3.63. The Hall–Kier alpha value is -0.820. The fraction of sp³-hybridized carbons (Fsp3) is 0.684. The van der Waals surface area contributed by atoms with Crippen LogP contribution in [0.1, 0.15) is 64.5 Å². The average molecular weight is 276 g/mol. The molecule has 0 fully saturated rings. The Balaban J connectivity index is 2.19. The van der Waals surface area contributed by atoms with Crippen molar-refractivity contribution in [1.82, 2.24) is 0 Å². The lowest BCUT2D eigenvalue weighted by Crippen LogP contribution is -1.99. The van der Waals surface area contributed by atoms with Crippen molar-refractivity contribution in [1.29, 1.82) is 0 Å². The van der Waals surface area contributed by atoms with E-state index in [-0.39, 0.29) is 0 Å². The van der Waals surface area contributed by atoms with Gasteiger partial charge in [0, 0.05) is 6.61 Å². The average Bonchev–Trinajstić information content (AvgIpc) is 2.41. The van der Waals surface area contributed by atoms with E-state index in [1.807, 2.05) is 0 Å². The molecule has 1 aromatic carbocycles. The molecule has 0 unspecified atom stereocenters. The fourth-order valence-corrected chi connectivity index (χ4v) is 2.19. The van der Waals surface area contributed by atoms with Crippen molar-refractivity contribution in [2.75, 3.05) is 6.61 Å². The van der Waals surface area contributed by atoms with Crippen LogP contribution in [0.5, 0.6) is 0 Å². The molecule has 0 saturated heterocycles. The fourth-order valence-electron chi connectivity index (χ4n) is 2.19. The van der Waals surface area contributed by atoms with E-state index < -0.39 is 0 Å². The highest BCUT2D eigenvalue weighted by atomic mass is 16.5. The first-order valence-corrected chi connectivity index (χ1v) is 8.23. The van der Waals surface area contributed by atoms with Crippen molar-refractivity contribution >= 4 is 0 Å². The predicted octanol–water partition coefficient (Wildman–Crippen LogP) is 5.62. The topological polar surface area (TPSA) is 9.23 Å². The Bertz CT molecular complexity index is 302. The van der Waals surface area contributed by atoms with Crippen LogP contribution >= 0.6 is 0 Å². The summed E-state index contributed by atoms with van der Waals surface area (Å²) in [6.07, 6.45) is 6.36. The standard InChI is InChI=1S/C19H32O/c1-16(2)7-5-6-8-18-9-11-19(12-10-18)15-20-14-13-17(3)4/h9-12,16-17H,5-8,13-15H2,1-4H3. The van der Waals surface area contributed by atoms with E-state index in [0.717, 1.165) is 31.5 Å². The lowest BCUT2D eigenvalue weighted by molar-refractivity contribution is 0.110.